The smallest absolute Gasteiger partial charge is 0.275 e. The van der Waals surface area contributed by atoms with Crippen molar-refractivity contribution in [2.75, 3.05) is 11.9 Å². The van der Waals surface area contributed by atoms with E-state index in [1.807, 2.05) is 42.5 Å². The van der Waals surface area contributed by atoms with Crippen molar-refractivity contribution in [3.63, 3.8) is 0 Å². The van der Waals surface area contributed by atoms with Gasteiger partial charge >= 0.3 is 0 Å². The number of rotatable bonds is 4. The zero-order chi connectivity index (χ0) is 14.7. The summed E-state index contributed by atoms with van der Waals surface area (Å²) in [5, 5.41) is 5.09. The highest BCUT2D eigenvalue weighted by Crippen LogP contribution is 2.19. The predicted octanol–water partition coefficient (Wildman–Crippen LogP) is 2.25. The maximum absolute atomic E-state index is 12.1. The molecule has 3 N–H and O–H groups in total. The SMILES string of the molecule is NCCn1cnc(C(=O)Nc2ccc3ccccc3c2)c1. The van der Waals surface area contributed by atoms with E-state index < -0.39 is 0 Å². The fraction of sp³-hybridized carbons (Fsp3) is 0.125. The zero-order valence-corrected chi connectivity index (χ0v) is 11.5. The van der Waals surface area contributed by atoms with Gasteiger partial charge in [-0.3, -0.25) is 4.79 Å². The lowest BCUT2D eigenvalue weighted by Crippen LogP contribution is -2.12. The van der Waals surface area contributed by atoms with Crippen LogP contribution in [0.5, 0.6) is 0 Å². The van der Waals surface area contributed by atoms with Gasteiger partial charge in [-0.25, -0.2) is 4.98 Å². The van der Waals surface area contributed by atoms with Gasteiger partial charge in [0.15, 0.2) is 0 Å². The molecule has 1 aromatic heterocycles. The first-order valence-corrected chi connectivity index (χ1v) is 6.78. The Morgan fingerprint density at radius 1 is 1.19 bits per heavy atom. The van der Waals surface area contributed by atoms with Crippen LogP contribution < -0.4 is 11.1 Å². The van der Waals surface area contributed by atoms with Gasteiger partial charge in [0, 0.05) is 25.0 Å². The molecule has 5 heteroatoms. The van der Waals surface area contributed by atoms with Gasteiger partial charge in [0.2, 0.25) is 0 Å². The van der Waals surface area contributed by atoms with Gasteiger partial charge in [-0.15, -0.1) is 0 Å². The fourth-order valence-electron chi connectivity index (χ4n) is 2.21. The number of hydrogen-bond donors (Lipinski definition) is 2. The molecular formula is C16H16N4O. The van der Waals surface area contributed by atoms with Crippen LogP contribution in [-0.4, -0.2) is 22.0 Å². The predicted molar refractivity (Wildman–Crippen MR) is 83.2 cm³/mol. The van der Waals surface area contributed by atoms with Crippen LogP contribution in [0.3, 0.4) is 0 Å². The molecule has 2 aromatic carbocycles. The summed E-state index contributed by atoms with van der Waals surface area (Å²) in [6.45, 7) is 1.17. The molecule has 0 aliphatic carbocycles. The molecule has 3 aromatic rings. The van der Waals surface area contributed by atoms with Gasteiger partial charge in [0.25, 0.3) is 5.91 Å². The van der Waals surface area contributed by atoms with Crippen LogP contribution in [0.2, 0.25) is 0 Å². The Morgan fingerprint density at radius 3 is 2.81 bits per heavy atom. The summed E-state index contributed by atoms with van der Waals surface area (Å²) >= 11 is 0. The molecule has 0 spiro atoms. The van der Waals surface area contributed by atoms with Crippen molar-refractivity contribution in [3.05, 3.63) is 60.7 Å². The molecule has 0 fully saturated rings. The van der Waals surface area contributed by atoms with Crippen LogP contribution in [0.15, 0.2) is 55.0 Å². The summed E-state index contributed by atoms with van der Waals surface area (Å²) in [4.78, 5) is 16.2. The second-order valence-corrected chi connectivity index (χ2v) is 4.80. The van der Waals surface area contributed by atoms with Gasteiger partial charge in [-0.05, 0) is 22.9 Å². The van der Waals surface area contributed by atoms with Crippen molar-refractivity contribution < 1.29 is 4.79 Å². The summed E-state index contributed by atoms with van der Waals surface area (Å²) in [6, 6.07) is 13.8. The Morgan fingerprint density at radius 2 is 2.00 bits per heavy atom. The van der Waals surface area contributed by atoms with Gasteiger partial charge in [0.1, 0.15) is 5.69 Å². The number of fused-ring (bicyclic) bond motifs is 1. The van der Waals surface area contributed by atoms with Crippen LogP contribution in [0.1, 0.15) is 10.5 Å². The summed E-state index contributed by atoms with van der Waals surface area (Å²) in [5.41, 5.74) is 6.62. The van der Waals surface area contributed by atoms with Crippen molar-refractivity contribution in [3.8, 4) is 0 Å². The molecule has 21 heavy (non-hydrogen) atoms. The molecule has 0 aliphatic rings. The Kier molecular flexibility index (Phi) is 3.66. The van der Waals surface area contributed by atoms with Crippen molar-refractivity contribution in [1.82, 2.24) is 9.55 Å². The Balaban J connectivity index is 1.78. The fourth-order valence-corrected chi connectivity index (χ4v) is 2.21. The molecule has 0 bridgehead atoms. The van der Waals surface area contributed by atoms with Crippen LogP contribution in [-0.2, 0) is 6.54 Å². The number of aromatic nitrogens is 2. The van der Waals surface area contributed by atoms with Crippen molar-refractivity contribution in [2.45, 2.75) is 6.54 Å². The maximum atomic E-state index is 12.1. The van der Waals surface area contributed by atoms with Crippen molar-refractivity contribution in [2.24, 2.45) is 5.73 Å². The first-order valence-electron chi connectivity index (χ1n) is 6.78. The van der Waals surface area contributed by atoms with Gasteiger partial charge in [-0.1, -0.05) is 30.3 Å². The van der Waals surface area contributed by atoms with E-state index >= 15 is 0 Å². The number of carbonyl (C=O) groups is 1. The molecule has 0 radical (unpaired) electrons. The minimum Gasteiger partial charge on any atom is -0.335 e. The minimum absolute atomic E-state index is 0.221. The highest BCUT2D eigenvalue weighted by Gasteiger charge is 2.09. The summed E-state index contributed by atoms with van der Waals surface area (Å²) in [7, 11) is 0. The van der Waals surface area contributed by atoms with Gasteiger partial charge in [-0.2, -0.15) is 0 Å². The topological polar surface area (TPSA) is 72.9 Å². The molecule has 0 aliphatic heterocycles. The summed E-state index contributed by atoms with van der Waals surface area (Å²) < 4.78 is 1.80. The number of nitrogens with one attached hydrogen (secondary N) is 1. The number of carbonyl (C=O) groups excluding carboxylic acids is 1. The van der Waals surface area contributed by atoms with Gasteiger partial charge in [0.05, 0.1) is 6.33 Å². The number of amides is 1. The van der Waals surface area contributed by atoms with Crippen LogP contribution in [0, 0.1) is 0 Å². The van der Waals surface area contributed by atoms with E-state index in [4.69, 9.17) is 5.73 Å². The standard InChI is InChI=1S/C16H16N4O/c17-7-8-20-10-15(18-11-20)16(21)19-14-6-5-12-3-1-2-4-13(12)9-14/h1-6,9-11H,7-8,17H2,(H,19,21). The van der Waals surface area contributed by atoms with E-state index in [-0.39, 0.29) is 5.91 Å². The first kappa shape index (κ1) is 13.3. The van der Waals surface area contributed by atoms with E-state index in [0.29, 0.717) is 18.8 Å². The minimum atomic E-state index is -0.221. The van der Waals surface area contributed by atoms with Crippen LogP contribution in [0.4, 0.5) is 5.69 Å². The third-order valence-electron chi connectivity index (χ3n) is 3.26. The van der Waals surface area contributed by atoms with E-state index in [1.165, 1.54) is 0 Å². The zero-order valence-electron chi connectivity index (χ0n) is 11.5. The quantitative estimate of drug-likeness (QED) is 0.770. The van der Waals surface area contributed by atoms with E-state index in [0.717, 1.165) is 16.5 Å². The molecular weight excluding hydrogens is 264 g/mol. The van der Waals surface area contributed by atoms with Crippen molar-refractivity contribution in [1.29, 1.82) is 0 Å². The molecule has 3 rings (SSSR count). The second kappa shape index (κ2) is 5.76. The third-order valence-corrected chi connectivity index (χ3v) is 3.26. The van der Waals surface area contributed by atoms with Crippen LogP contribution >= 0.6 is 0 Å². The molecule has 1 heterocycles. The lowest BCUT2D eigenvalue weighted by atomic mass is 10.1. The second-order valence-electron chi connectivity index (χ2n) is 4.80. The Labute approximate surface area is 122 Å². The molecule has 1 amide bonds. The molecule has 0 unspecified atom stereocenters. The lowest BCUT2D eigenvalue weighted by Gasteiger charge is -2.05. The highest BCUT2D eigenvalue weighted by molar-refractivity contribution is 6.03. The average molecular weight is 280 g/mol. The third kappa shape index (κ3) is 2.93. The Hall–Kier alpha value is -2.66. The monoisotopic (exact) mass is 280 g/mol. The van der Waals surface area contributed by atoms with Gasteiger partial charge < -0.3 is 15.6 Å². The average Bonchev–Trinajstić information content (AvgIpc) is 2.96. The highest BCUT2D eigenvalue weighted by atomic mass is 16.1. The number of nitrogens with zero attached hydrogens (tertiary/aromatic N) is 2. The number of anilines is 1. The summed E-state index contributed by atoms with van der Waals surface area (Å²) in [5.74, 6) is -0.221. The number of hydrogen-bond acceptors (Lipinski definition) is 3. The molecule has 0 saturated carbocycles. The number of imidazole rings is 1. The van der Waals surface area contributed by atoms with E-state index in [1.54, 1.807) is 17.1 Å². The number of benzene rings is 2. The normalized spacial score (nSPS) is 10.7. The molecule has 0 saturated heterocycles. The largest absolute Gasteiger partial charge is 0.335 e. The van der Waals surface area contributed by atoms with E-state index in [9.17, 15) is 4.79 Å². The first-order chi connectivity index (χ1) is 10.3. The molecule has 106 valence electrons. The van der Waals surface area contributed by atoms with Crippen molar-refractivity contribution >= 4 is 22.4 Å². The Bertz CT molecular complexity index is 779. The number of nitrogens with two attached hydrogens (primary N) is 1. The van der Waals surface area contributed by atoms with Crippen LogP contribution in [0.25, 0.3) is 10.8 Å². The molecule has 0 atom stereocenters. The maximum Gasteiger partial charge on any atom is 0.275 e. The van der Waals surface area contributed by atoms with E-state index in [2.05, 4.69) is 10.3 Å². The summed E-state index contributed by atoms with van der Waals surface area (Å²) in [6.07, 6.45) is 3.31. The molecule has 5 nitrogen and oxygen atoms in total. The lowest BCUT2D eigenvalue weighted by molar-refractivity contribution is 0.102.